The normalized spacial score (nSPS) is 18.2. The van der Waals surface area contributed by atoms with Crippen molar-refractivity contribution < 1.29 is 24.2 Å². The van der Waals surface area contributed by atoms with Crippen LogP contribution in [-0.4, -0.2) is 91.6 Å². The zero-order valence-corrected chi connectivity index (χ0v) is 31.3. The summed E-state index contributed by atoms with van der Waals surface area (Å²) in [4.78, 5) is 39.4. The number of carboxylic acids is 1. The number of carboxylic acid groups (broad SMARTS) is 1. The van der Waals surface area contributed by atoms with E-state index in [0.717, 1.165) is 93.2 Å². The van der Waals surface area contributed by atoms with Crippen LogP contribution in [0.15, 0.2) is 42.5 Å². The fourth-order valence-corrected chi connectivity index (χ4v) is 8.80. The highest BCUT2D eigenvalue weighted by Gasteiger charge is 2.35. The van der Waals surface area contributed by atoms with E-state index < -0.39 is 17.7 Å². The average Bonchev–Trinajstić information content (AvgIpc) is 3.84. The van der Waals surface area contributed by atoms with Gasteiger partial charge in [0.25, 0.3) is 0 Å². The highest BCUT2D eigenvalue weighted by atomic mass is 35.5. The maximum absolute atomic E-state index is 12.8. The van der Waals surface area contributed by atoms with Crippen LogP contribution in [0.3, 0.4) is 0 Å². The minimum absolute atomic E-state index is 0.252. The van der Waals surface area contributed by atoms with Gasteiger partial charge in [-0.25, -0.2) is 19.6 Å². The molecule has 0 unspecified atom stereocenters. The minimum atomic E-state index is -1.19. The van der Waals surface area contributed by atoms with E-state index in [1.165, 1.54) is 18.4 Å². The van der Waals surface area contributed by atoms with Crippen molar-refractivity contribution in [1.29, 1.82) is 0 Å². The molecule has 1 amide bonds. The molecule has 2 aromatic carbocycles. The molecular formula is C38H43ClN6O5S. The van der Waals surface area contributed by atoms with Crippen molar-refractivity contribution in [2.45, 2.75) is 70.6 Å². The number of amides is 1. The summed E-state index contributed by atoms with van der Waals surface area (Å²) in [5, 5.41) is 16.7. The number of benzene rings is 2. The van der Waals surface area contributed by atoms with Gasteiger partial charge in [0.15, 0.2) is 6.10 Å². The van der Waals surface area contributed by atoms with Crippen LogP contribution in [0, 0.1) is 6.92 Å². The molecule has 0 aliphatic carbocycles. The Hall–Kier alpha value is -4.10. The quantitative estimate of drug-likeness (QED) is 0.178. The number of thiazole rings is 1. The van der Waals surface area contributed by atoms with Gasteiger partial charge < -0.3 is 19.5 Å². The van der Waals surface area contributed by atoms with Gasteiger partial charge in [-0.1, -0.05) is 23.7 Å². The number of piperidine rings is 1. The molecule has 0 bridgehead atoms. The highest BCUT2D eigenvalue weighted by Crippen LogP contribution is 2.44. The molecule has 268 valence electrons. The molecule has 11 nitrogen and oxygen atoms in total. The molecule has 0 spiro atoms. The molecule has 0 radical (unpaired) electrons. The molecule has 5 heterocycles. The van der Waals surface area contributed by atoms with Gasteiger partial charge in [-0.2, -0.15) is 5.10 Å². The number of aliphatic carboxylic acids is 1. The number of carbonyl (C=O) groups excluding carboxylic acids is 1. The second-order valence-electron chi connectivity index (χ2n) is 14.5. The Bertz CT molecular complexity index is 2120. The number of aryl methyl sites for hydroxylation is 2. The number of ether oxygens (including phenoxy) is 2. The highest BCUT2D eigenvalue weighted by molar-refractivity contribution is 7.22. The van der Waals surface area contributed by atoms with Crippen LogP contribution in [0.4, 0.5) is 4.79 Å². The van der Waals surface area contributed by atoms with Gasteiger partial charge >= 0.3 is 12.1 Å². The van der Waals surface area contributed by atoms with Gasteiger partial charge in [0, 0.05) is 48.2 Å². The number of fused-ring (bicyclic) bond motifs is 2. The second-order valence-corrected chi connectivity index (χ2v) is 16.0. The number of likely N-dealkylation sites (tertiary alicyclic amines) is 2. The summed E-state index contributed by atoms with van der Waals surface area (Å²) >= 11 is 7.78. The van der Waals surface area contributed by atoms with Crippen LogP contribution in [0.1, 0.15) is 68.9 Å². The number of hydrogen-bond acceptors (Lipinski definition) is 9. The molecule has 2 atom stereocenters. The van der Waals surface area contributed by atoms with Crippen LogP contribution >= 0.6 is 22.9 Å². The molecule has 51 heavy (non-hydrogen) atoms. The predicted molar refractivity (Wildman–Crippen MR) is 199 cm³/mol. The van der Waals surface area contributed by atoms with Gasteiger partial charge in [0.1, 0.15) is 10.5 Å². The van der Waals surface area contributed by atoms with Crippen LogP contribution in [0.2, 0.25) is 5.02 Å². The first-order valence-electron chi connectivity index (χ1n) is 17.3. The summed E-state index contributed by atoms with van der Waals surface area (Å²) in [5.41, 5.74) is 6.64. The van der Waals surface area contributed by atoms with Crippen LogP contribution in [0.5, 0.6) is 0 Å². The molecule has 5 aromatic rings. The van der Waals surface area contributed by atoms with E-state index in [1.807, 2.05) is 75.8 Å². The molecule has 1 N–H and O–H groups in total. The largest absolute Gasteiger partial charge is 0.479 e. The van der Waals surface area contributed by atoms with Crippen molar-refractivity contribution in [3.05, 3.63) is 64.3 Å². The number of rotatable bonds is 7. The number of aromatic nitrogens is 4. The molecule has 2 aliphatic rings. The molecule has 13 heteroatoms. The smallest absolute Gasteiger partial charge is 0.409 e. The van der Waals surface area contributed by atoms with E-state index in [0.29, 0.717) is 23.2 Å². The predicted octanol–water partition coefficient (Wildman–Crippen LogP) is 7.83. The van der Waals surface area contributed by atoms with E-state index in [-0.39, 0.29) is 12.0 Å². The summed E-state index contributed by atoms with van der Waals surface area (Å²) in [6, 6.07) is 13.8. The lowest BCUT2D eigenvalue weighted by atomic mass is 9.91. The van der Waals surface area contributed by atoms with E-state index in [9.17, 15) is 14.7 Å². The Labute approximate surface area is 306 Å². The van der Waals surface area contributed by atoms with Crippen molar-refractivity contribution in [2.75, 3.05) is 33.3 Å². The Morgan fingerprint density at radius 2 is 1.76 bits per heavy atom. The zero-order chi connectivity index (χ0) is 36.2. The SMILES string of the molecule is COC(=O)N1CC[C@H](N2CCC(c3nn(C)c4ccc(-c5nc6cc(C)c([C@H](OC(C)(C)C)C(=O)O)c(-c7ccc(Cl)cc7)c6s5)nc34)CC2)C1. The molecule has 2 aliphatic heterocycles. The molecule has 0 saturated carbocycles. The maximum atomic E-state index is 12.8. The van der Waals surface area contributed by atoms with E-state index in [1.54, 1.807) is 4.90 Å². The number of pyridine rings is 1. The standard InChI is InChI=1S/C38H43ClN6O5S/c1-21-19-27-34(30(22-7-9-24(39)10-8-22)29(21)33(36(46)47)50-38(2,3)4)51-35(41-27)26-11-12-28-32(40-26)31(42-43(28)5)23-13-16-44(17-14-23)25-15-18-45(20-25)37(48)49-6/h7-12,19,23,25,33H,13-18,20H2,1-6H3,(H,46,47)/t25-,33-/m0/s1. The first-order chi connectivity index (χ1) is 24.3. The maximum Gasteiger partial charge on any atom is 0.409 e. The molecule has 3 aromatic heterocycles. The zero-order valence-electron chi connectivity index (χ0n) is 29.8. The van der Waals surface area contributed by atoms with E-state index >= 15 is 0 Å². The number of methoxy groups -OCH3 is 1. The first kappa shape index (κ1) is 35.3. The van der Waals surface area contributed by atoms with Crippen molar-refractivity contribution in [3.63, 3.8) is 0 Å². The van der Waals surface area contributed by atoms with Crippen LogP contribution < -0.4 is 0 Å². The summed E-state index contributed by atoms with van der Waals surface area (Å²) in [6.45, 7) is 10.8. The third-order valence-electron chi connectivity index (χ3n) is 9.99. The minimum Gasteiger partial charge on any atom is -0.479 e. The first-order valence-corrected chi connectivity index (χ1v) is 18.5. The van der Waals surface area contributed by atoms with Gasteiger partial charge in [-0.3, -0.25) is 9.58 Å². The Morgan fingerprint density at radius 3 is 2.43 bits per heavy atom. The van der Waals surface area contributed by atoms with Gasteiger partial charge in [0.05, 0.1) is 39.8 Å². The number of halogens is 1. The number of carbonyl (C=O) groups is 2. The van der Waals surface area contributed by atoms with Crippen LogP contribution in [0.25, 0.3) is 43.1 Å². The lowest BCUT2D eigenvalue weighted by Crippen LogP contribution is -2.43. The lowest BCUT2D eigenvalue weighted by molar-refractivity contribution is -0.160. The monoisotopic (exact) mass is 730 g/mol. The third-order valence-corrected chi connectivity index (χ3v) is 11.4. The van der Waals surface area contributed by atoms with E-state index in [2.05, 4.69) is 11.0 Å². The van der Waals surface area contributed by atoms with Gasteiger partial charge in [-0.05, 0) is 102 Å². The Balaban J connectivity index is 1.24. The van der Waals surface area contributed by atoms with Crippen molar-refractivity contribution >= 4 is 56.3 Å². The average molecular weight is 731 g/mol. The van der Waals surface area contributed by atoms with Crippen molar-refractivity contribution in [1.82, 2.24) is 29.5 Å². The molecule has 2 saturated heterocycles. The molecular weight excluding hydrogens is 688 g/mol. The van der Waals surface area contributed by atoms with Crippen molar-refractivity contribution in [2.24, 2.45) is 7.05 Å². The fraction of sp³-hybridized carbons (Fsp3) is 0.447. The van der Waals surface area contributed by atoms with E-state index in [4.69, 9.17) is 36.1 Å². The topological polar surface area (TPSA) is 123 Å². The lowest BCUT2D eigenvalue weighted by Gasteiger charge is -2.35. The van der Waals surface area contributed by atoms with Crippen LogP contribution in [-0.2, 0) is 21.3 Å². The number of hydrogen-bond donors (Lipinski definition) is 1. The summed E-state index contributed by atoms with van der Waals surface area (Å²) < 4.78 is 13.9. The second kappa shape index (κ2) is 13.8. The summed E-state index contributed by atoms with van der Waals surface area (Å²) in [7, 11) is 3.39. The van der Waals surface area contributed by atoms with Gasteiger partial charge in [-0.15, -0.1) is 11.3 Å². The summed E-state index contributed by atoms with van der Waals surface area (Å²) in [6.07, 6.45) is 1.44. The fourth-order valence-electron chi connectivity index (χ4n) is 7.58. The number of nitrogens with zero attached hydrogens (tertiary/aromatic N) is 6. The summed E-state index contributed by atoms with van der Waals surface area (Å²) in [5.74, 6) is -0.792. The molecule has 7 rings (SSSR count). The third kappa shape index (κ3) is 6.94. The molecule has 2 fully saturated rings. The Morgan fingerprint density at radius 1 is 1.04 bits per heavy atom. The van der Waals surface area contributed by atoms with Crippen molar-refractivity contribution in [3.8, 4) is 21.8 Å². The Kier molecular flexibility index (Phi) is 9.55. The van der Waals surface area contributed by atoms with Gasteiger partial charge in [0.2, 0.25) is 0 Å².